The molecule has 1 saturated carbocycles. The van der Waals surface area contributed by atoms with Gasteiger partial charge in [-0.15, -0.1) is 0 Å². The average Bonchev–Trinajstić information content (AvgIpc) is 3.25. The second-order valence-corrected chi connectivity index (χ2v) is 7.40. The molecule has 0 radical (unpaired) electrons. The van der Waals surface area contributed by atoms with E-state index in [1.165, 1.54) is 24.8 Å². The number of carbonyl (C=O) groups excluding carboxylic acids is 3. The highest BCUT2D eigenvalue weighted by Crippen LogP contribution is 2.24. The van der Waals surface area contributed by atoms with E-state index in [1.54, 1.807) is 31.2 Å². The highest BCUT2D eigenvalue weighted by atomic mass is 16.5. The number of hydrogen-bond acceptors (Lipinski definition) is 5. The van der Waals surface area contributed by atoms with Crippen molar-refractivity contribution in [2.24, 2.45) is 5.92 Å². The summed E-state index contributed by atoms with van der Waals surface area (Å²) < 4.78 is 10.4. The lowest BCUT2D eigenvalue weighted by Gasteiger charge is -2.30. The molecule has 1 heterocycles. The van der Waals surface area contributed by atoms with Crippen LogP contribution in [-0.2, 0) is 9.53 Å². The van der Waals surface area contributed by atoms with Gasteiger partial charge in [0.25, 0.3) is 11.8 Å². The molecule has 29 heavy (non-hydrogen) atoms. The number of carbonyl (C=O) groups is 3. The third kappa shape index (κ3) is 5.25. The zero-order chi connectivity index (χ0) is 20.8. The Morgan fingerprint density at radius 1 is 1.10 bits per heavy atom. The van der Waals surface area contributed by atoms with Crippen molar-refractivity contribution in [1.82, 2.24) is 5.32 Å². The summed E-state index contributed by atoms with van der Waals surface area (Å²) in [5.74, 6) is -0.933. The zero-order valence-electron chi connectivity index (χ0n) is 16.6. The summed E-state index contributed by atoms with van der Waals surface area (Å²) in [6.45, 7) is 3.67. The number of esters is 1. The van der Waals surface area contributed by atoms with Crippen molar-refractivity contribution in [2.45, 2.75) is 51.7 Å². The van der Waals surface area contributed by atoms with Crippen LogP contribution in [0.5, 0.6) is 0 Å². The molecule has 1 aromatic heterocycles. The van der Waals surface area contributed by atoms with E-state index in [9.17, 15) is 14.4 Å². The largest absolute Gasteiger partial charge is 0.459 e. The number of furan rings is 1. The van der Waals surface area contributed by atoms with Crippen LogP contribution in [0.15, 0.2) is 47.1 Å². The van der Waals surface area contributed by atoms with E-state index in [0.29, 0.717) is 5.92 Å². The third-order valence-electron chi connectivity index (χ3n) is 5.23. The van der Waals surface area contributed by atoms with E-state index in [2.05, 4.69) is 17.6 Å². The van der Waals surface area contributed by atoms with Crippen LogP contribution in [-0.4, -0.2) is 29.9 Å². The van der Waals surface area contributed by atoms with E-state index in [4.69, 9.17) is 9.15 Å². The molecule has 1 aliphatic carbocycles. The molecule has 3 rings (SSSR count). The number of rotatable bonds is 6. The average molecular weight is 398 g/mol. The van der Waals surface area contributed by atoms with Gasteiger partial charge in [0.2, 0.25) is 0 Å². The molecule has 2 amide bonds. The van der Waals surface area contributed by atoms with Gasteiger partial charge in [0.15, 0.2) is 11.9 Å². The topological polar surface area (TPSA) is 97.6 Å². The molecular formula is C22H26N2O5. The van der Waals surface area contributed by atoms with Crippen LogP contribution in [0, 0.1) is 5.92 Å². The lowest BCUT2D eigenvalue weighted by Crippen LogP contribution is -2.46. The van der Waals surface area contributed by atoms with Crippen LogP contribution in [0.2, 0.25) is 0 Å². The zero-order valence-corrected chi connectivity index (χ0v) is 16.6. The van der Waals surface area contributed by atoms with Gasteiger partial charge in [0.1, 0.15) is 0 Å². The number of hydrogen-bond donors (Lipinski definition) is 2. The minimum absolute atomic E-state index is 0.109. The van der Waals surface area contributed by atoms with Gasteiger partial charge in [-0.3, -0.25) is 9.59 Å². The molecule has 7 nitrogen and oxygen atoms in total. The van der Waals surface area contributed by atoms with Crippen molar-refractivity contribution in [2.75, 3.05) is 5.32 Å². The lowest BCUT2D eigenvalue weighted by atomic mass is 9.86. The smallest absolute Gasteiger partial charge is 0.341 e. The van der Waals surface area contributed by atoms with Crippen molar-refractivity contribution in [1.29, 1.82) is 0 Å². The van der Waals surface area contributed by atoms with Crippen molar-refractivity contribution in [3.63, 3.8) is 0 Å². The Morgan fingerprint density at radius 3 is 2.59 bits per heavy atom. The first-order valence-electron chi connectivity index (χ1n) is 9.91. The Kier molecular flexibility index (Phi) is 6.69. The maximum atomic E-state index is 12.6. The van der Waals surface area contributed by atoms with Crippen molar-refractivity contribution in [3.8, 4) is 0 Å². The number of benzene rings is 1. The molecule has 1 aliphatic rings. The second-order valence-electron chi connectivity index (χ2n) is 7.40. The van der Waals surface area contributed by atoms with Gasteiger partial charge < -0.3 is 19.8 Å². The summed E-state index contributed by atoms with van der Waals surface area (Å²) in [4.78, 5) is 37.3. The van der Waals surface area contributed by atoms with Crippen molar-refractivity contribution >= 4 is 23.5 Å². The molecule has 3 atom stereocenters. The number of ether oxygens (including phenoxy) is 1. The molecule has 1 aromatic carbocycles. The molecule has 0 saturated heterocycles. The summed E-state index contributed by atoms with van der Waals surface area (Å²) in [5.41, 5.74) is 0.450. The maximum absolute atomic E-state index is 12.6. The third-order valence-corrected chi connectivity index (χ3v) is 5.23. The van der Waals surface area contributed by atoms with Crippen LogP contribution in [0.1, 0.15) is 60.4 Å². The Hall–Kier alpha value is -3.09. The lowest BCUT2D eigenvalue weighted by molar-refractivity contribution is -0.130. The summed E-state index contributed by atoms with van der Waals surface area (Å²) in [5, 5.41) is 5.63. The van der Waals surface area contributed by atoms with Crippen molar-refractivity contribution in [3.05, 3.63) is 54.0 Å². The molecule has 1 fully saturated rings. The Labute approximate surface area is 169 Å². The molecule has 2 N–H and O–H groups in total. The molecule has 2 aromatic rings. The highest BCUT2D eigenvalue weighted by molar-refractivity contribution is 6.06. The normalized spacial score (nSPS) is 19.8. The van der Waals surface area contributed by atoms with Crippen molar-refractivity contribution < 1.29 is 23.5 Å². The first-order valence-corrected chi connectivity index (χ1v) is 9.91. The predicted octanol–water partition coefficient (Wildman–Crippen LogP) is 3.77. The van der Waals surface area contributed by atoms with Gasteiger partial charge in [-0.1, -0.05) is 31.9 Å². The number of amides is 2. The fourth-order valence-corrected chi connectivity index (χ4v) is 3.47. The molecule has 0 unspecified atom stereocenters. The summed E-state index contributed by atoms with van der Waals surface area (Å²) in [7, 11) is 0. The van der Waals surface area contributed by atoms with E-state index >= 15 is 0 Å². The first kappa shape index (κ1) is 20.6. The summed E-state index contributed by atoms with van der Waals surface area (Å²) in [6.07, 6.45) is 4.75. The Balaban J connectivity index is 1.62. The number of nitrogens with one attached hydrogen (secondary N) is 2. The number of para-hydroxylation sites is 1. The Bertz CT molecular complexity index is 862. The summed E-state index contributed by atoms with van der Waals surface area (Å²) >= 11 is 0. The molecule has 0 bridgehead atoms. The minimum atomic E-state index is -0.939. The maximum Gasteiger partial charge on any atom is 0.341 e. The first-order chi connectivity index (χ1) is 14.0. The van der Waals surface area contributed by atoms with Crippen LogP contribution >= 0.6 is 0 Å². The van der Waals surface area contributed by atoms with Crippen LogP contribution in [0.3, 0.4) is 0 Å². The fraction of sp³-hybridized carbons (Fsp3) is 0.409. The Morgan fingerprint density at radius 2 is 1.86 bits per heavy atom. The predicted molar refractivity (Wildman–Crippen MR) is 108 cm³/mol. The standard InChI is InChI=1S/C22H26N2O5/c1-14-8-3-5-10-17(14)23-20(25)15(2)29-22(27)16-9-4-6-11-18(16)24-21(26)19-12-7-13-28-19/h4,6-7,9,11-15,17H,3,5,8,10H2,1-2H3,(H,23,25)(H,24,26)/t14-,15-,17+/m1/s1. The minimum Gasteiger partial charge on any atom is -0.459 e. The quantitative estimate of drug-likeness (QED) is 0.722. The van der Waals surface area contributed by atoms with E-state index in [-0.39, 0.29) is 29.0 Å². The van der Waals surface area contributed by atoms with Gasteiger partial charge in [0, 0.05) is 6.04 Å². The molecular weight excluding hydrogens is 372 g/mol. The van der Waals surface area contributed by atoms with Gasteiger partial charge in [-0.05, 0) is 49.9 Å². The van der Waals surface area contributed by atoms with Gasteiger partial charge in [0.05, 0.1) is 17.5 Å². The second kappa shape index (κ2) is 9.41. The highest BCUT2D eigenvalue weighted by Gasteiger charge is 2.27. The fourth-order valence-electron chi connectivity index (χ4n) is 3.47. The SMILES string of the molecule is C[C@@H]1CCCC[C@@H]1NC(=O)[C@@H](C)OC(=O)c1ccccc1NC(=O)c1ccco1. The van der Waals surface area contributed by atoms with E-state index < -0.39 is 18.0 Å². The van der Waals surface area contributed by atoms with Gasteiger partial charge in [-0.2, -0.15) is 0 Å². The molecule has 7 heteroatoms. The van der Waals surface area contributed by atoms with Crippen LogP contribution in [0.4, 0.5) is 5.69 Å². The van der Waals surface area contributed by atoms with E-state index in [0.717, 1.165) is 19.3 Å². The monoisotopic (exact) mass is 398 g/mol. The molecule has 154 valence electrons. The van der Waals surface area contributed by atoms with Gasteiger partial charge in [-0.25, -0.2) is 4.79 Å². The molecule has 0 aliphatic heterocycles. The van der Waals surface area contributed by atoms with Crippen LogP contribution in [0.25, 0.3) is 0 Å². The van der Waals surface area contributed by atoms with E-state index in [1.807, 2.05) is 0 Å². The molecule has 0 spiro atoms. The van der Waals surface area contributed by atoms with Gasteiger partial charge >= 0.3 is 5.97 Å². The van der Waals surface area contributed by atoms with Crippen LogP contribution < -0.4 is 10.6 Å². The summed E-state index contributed by atoms with van der Waals surface area (Å²) in [6, 6.07) is 9.71. The number of anilines is 1.